The molecule has 1 atom stereocenters. The summed E-state index contributed by atoms with van der Waals surface area (Å²) in [5.41, 5.74) is 0.172. The molecule has 0 radical (unpaired) electrons. The average Bonchev–Trinajstić information content (AvgIpc) is 2.39. The third-order valence-electron chi connectivity index (χ3n) is 2.65. The highest BCUT2D eigenvalue weighted by atomic mass is 16.5. The van der Waals surface area contributed by atoms with Crippen molar-refractivity contribution in [3.05, 3.63) is 46.3 Å². The fraction of sp³-hybridized carbons (Fsp3) is 0.286. The van der Waals surface area contributed by atoms with Crippen molar-refractivity contribution in [3.8, 4) is 0 Å². The molecule has 1 amide bonds. The fourth-order valence-corrected chi connectivity index (χ4v) is 1.80. The largest absolute Gasteiger partial charge is 0.451 e. The van der Waals surface area contributed by atoms with Gasteiger partial charge in [0.15, 0.2) is 11.2 Å². The van der Waals surface area contributed by atoms with Gasteiger partial charge in [-0.05, 0) is 19.1 Å². The van der Waals surface area contributed by atoms with Crippen molar-refractivity contribution >= 4 is 16.9 Å². The van der Waals surface area contributed by atoms with E-state index in [2.05, 4.69) is 5.32 Å². The summed E-state index contributed by atoms with van der Waals surface area (Å²) in [6, 6.07) is 7.87. The van der Waals surface area contributed by atoms with Crippen molar-refractivity contribution in [2.24, 2.45) is 0 Å². The molecular formula is C14H15NO4. The molecule has 2 rings (SSSR count). The minimum atomic E-state index is -0.424. The zero-order valence-corrected chi connectivity index (χ0v) is 10.8. The second-order valence-corrected chi connectivity index (χ2v) is 4.30. The normalized spacial score (nSPS) is 12.3. The Hall–Kier alpha value is -2.14. The van der Waals surface area contributed by atoms with Crippen LogP contribution in [0.2, 0.25) is 0 Å². The number of ether oxygens (including phenoxy) is 1. The van der Waals surface area contributed by atoms with Gasteiger partial charge in [-0.1, -0.05) is 12.1 Å². The van der Waals surface area contributed by atoms with E-state index in [9.17, 15) is 9.59 Å². The monoisotopic (exact) mass is 261 g/mol. The van der Waals surface area contributed by atoms with Gasteiger partial charge in [0.1, 0.15) is 5.58 Å². The number of carbonyl (C=O) groups excluding carboxylic acids is 1. The molecule has 0 spiro atoms. The van der Waals surface area contributed by atoms with Gasteiger partial charge in [-0.25, -0.2) is 0 Å². The molecule has 5 heteroatoms. The molecule has 0 saturated heterocycles. The Labute approximate surface area is 110 Å². The Kier molecular flexibility index (Phi) is 3.97. The van der Waals surface area contributed by atoms with Crippen LogP contribution in [0.4, 0.5) is 0 Å². The van der Waals surface area contributed by atoms with E-state index in [0.29, 0.717) is 17.6 Å². The number of fused-ring (bicyclic) bond motifs is 1. The number of benzene rings is 1. The van der Waals surface area contributed by atoms with Gasteiger partial charge in [-0.3, -0.25) is 9.59 Å². The summed E-state index contributed by atoms with van der Waals surface area (Å²) in [5.74, 6) is -0.418. The summed E-state index contributed by atoms with van der Waals surface area (Å²) >= 11 is 0. The van der Waals surface area contributed by atoms with Crippen LogP contribution in [0.1, 0.15) is 17.5 Å². The standard InChI is InChI=1S/C14H15NO4/c1-9(8-18-2)15-14(17)13-7-11(16)10-5-3-4-6-12(10)19-13/h3-7,9H,8H2,1-2H3,(H,15,17). The number of para-hydroxylation sites is 1. The van der Waals surface area contributed by atoms with Crippen LogP contribution in [0.3, 0.4) is 0 Å². The molecule has 1 unspecified atom stereocenters. The van der Waals surface area contributed by atoms with Gasteiger partial charge < -0.3 is 14.5 Å². The van der Waals surface area contributed by atoms with E-state index in [1.165, 1.54) is 6.07 Å². The summed E-state index contributed by atoms with van der Waals surface area (Å²) in [5, 5.41) is 3.15. The number of methoxy groups -OCH3 is 1. The van der Waals surface area contributed by atoms with Gasteiger partial charge >= 0.3 is 0 Å². The highest BCUT2D eigenvalue weighted by Gasteiger charge is 2.14. The van der Waals surface area contributed by atoms with Crippen LogP contribution in [-0.4, -0.2) is 25.7 Å². The molecule has 1 heterocycles. The van der Waals surface area contributed by atoms with Gasteiger partial charge in [-0.2, -0.15) is 0 Å². The molecule has 0 bridgehead atoms. The van der Waals surface area contributed by atoms with Crippen LogP contribution < -0.4 is 10.7 Å². The summed E-state index contributed by atoms with van der Waals surface area (Å²) in [7, 11) is 1.55. The van der Waals surface area contributed by atoms with Gasteiger partial charge in [0.05, 0.1) is 12.0 Å². The van der Waals surface area contributed by atoms with Gasteiger partial charge in [-0.15, -0.1) is 0 Å². The SMILES string of the molecule is COCC(C)NC(=O)c1cc(=O)c2ccccc2o1. The Morgan fingerprint density at radius 3 is 2.89 bits per heavy atom. The van der Waals surface area contributed by atoms with Crippen LogP contribution >= 0.6 is 0 Å². The number of rotatable bonds is 4. The molecule has 0 fully saturated rings. The molecule has 100 valence electrons. The van der Waals surface area contributed by atoms with E-state index in [4.69, 9.17) is 9.15 Å². The molecule has 0 saturated carbocycles. The molecule has 2 aromatic rings. The maximum Gasteiger partial charge on any atom is 0.287 e. The first-order valence-electron chi connectivity index (χ1n) is 5.94. The molecule has 1 N–H and O–H groups in total. The molecule has 0 aliphatic heterocycles. The minimum absolute atomic E-state index is 0.00616. The van der Waals surface area contributed by atoms with E-state index >= 15 is 0 Å². The van der Waals surface area contributed by atoms with Crippen LogP contribution in [0, 0.1) is 0 Å². The zero-order valence-electron chi connectivity index (χ0n) is 10.8. The molecule has 19 heavy (non-hydrogen) atoms. The van der Waals surface area contributed by atoms with Crippen molar-refractivity contribution in [1.29, 1.82) is 0 Å². The smallest absolute Gasteiger partial charge is 0.287 e. The van der Waals surface area contributed by atoms with Gasteiger partial charge in [0, 0.05) is 19.2 Å². The topological polar surface area (TPSA) is 68.5 Å². The minimum Gasteiger partial charge on any atom is -0.451 e. The van der Waals surface area contributed by atoms with Crippen molar-refractivity contribution in [2.45, 2.75) is 13.0 Å². The predicted molar refractivity (Wildman–Crippen MR) is 71.3 cm³/mol. The van der Waals surface area contributed by atoms with E-state index < -0.39 is 5.91 Å². The van der Waals surface area contributed by atoms with Crippen LogP contribution in [0.5, 0.6) is 0 Å². The van der Waals surface area contributed by atoms with Crippen molar-refractivity contribution in [1.82, 2.24) is 5.32 Å². The molecule has 0 aliphatic carbocycles. The van der Waals surface area contributed by atoms with E-state index in [0.717, 1.165) is 0 Å². The number of carbonyl (C=O) groups is 1. The van der Waals surface area contributed by atoms with Crippen molar-refractivity contribution in [3.63, 3.8) is 0 Å². The molecular weight excluding hydrogens is 246 g/mol. The summed E-state index contributed by atoms with van der Waals surface area (Å²) < 4.78 is 10.4. The quantitative estimate of drug-likeness (QED) is 0.906. The third kappa shape index (κ3) is 3.00. The lowest BCUT2D eigenvalue weighted by molar-refractivity contribution is 0.0878. The number of hydrogen-bond donors (Lipinski definition) is 1. The molecule has 5 nitrogen and oxygen atoms in total. The lowest BCUT2D eigenvalue weighted by atomic mass is 10.2. The Bertz CT molecular complexity index is 647. The summed E-state index contributed by atoms with van der Waals surface area (Å²) in [6.45, 7) is 2.20. The summed E-state index contributed by atoms with van der Waals surface area (Å²) in [6.07, 6.45) is 0. The maximum absolute atomic E-state index is 11.9. The highest BCUT2D eigenvalue weighted by molar-refractivity contribution is 5.93. The average molecular weight is 261 g/mol. The first-order valence-corrected chi connectivity index (χ1v) is 5.94. The fourth-order valence-electron chi connectivity index (χ4n) is 1.80. The molecule has 1 aromatic carbocycles. The Morgan fingerprint density at radius 1 is 1.42 bits per heavy atom. The summed E-state index contributed by atoms with van der Waals surface area (Å²) in [4.78, 5) is 23.8. The van der Waals surface area contributed by atoms with Gasteiger partial charge in [0.2, 0.25) is 0 Å². The Morgan fingerprint density at radius 2 is 2.16 bits per heavy atom. The second kappa shape index (κ2) is 5.67. The van der Waals surface area contributed by atoms with Gasteiger partial charge in [0.25, 0.3) is 5.91 Å². The van der Waals surface area contributed by atoms with E-state index in [1.807, 2.05) is 0 Å². The van der Waals surface area contributed by atoms with Crippen LogP contribution in [0.25, 0.3) is 11.0 Å². The first-order chi connectivity index (χ1) is 9.11. The maximum atomic E-state index is 11.9. The molecule has 1 aromatic heterocycles. The van der Waals surface area contributed by atoms with E-state index in [-0.39, 0.29) is 17.2 Å². The second-order valence-electron chi connectivity index (χ2n) is 4.30. The predicted octanol–water partition coefficient (Wildman–Crippen LogP) is 1.56. The van der Waals surface area contributed by atoms with E-state index in [1.54, 1.807) is 38.3 Å². The molecule has 0 aliphatic rings. The zero-order chi connectivity index (χ0) is 13.8. The highest BCUT2D eigenvalue weighted by Crippen LogP contribution is 2.11. The lowest BCUT2D eigenvalue weighted by Gasteiger charge is -2.12. The van der Waals surface area contributed by atoms with Crippen molar-refractivity contribution < 1.29 is 13.9 Å². The number of hydrogen-bond acceptors (Lipinski definition) is 4. The Balaban J connectivity index is 2.30. The number of amides is 1. The third-order valence-corrected chi connectivity index (χ3v) is 2.65. The lowest BCUT2D eigenvalue weighted by Crippen LogP contribution is -2.35. The van der Waals surface area contributed by atoms with Crippen LogP contribution in [0.15, 0.2) is 39.5 Å². The number of nitrogens with one attached hydrogen (secondary N) is 1. The first kappa shape index (κ1) is 13.3. The van der Waals surface area contributed by atoms with Crippen LogP contribution in [-0.2, 0) is 4.74 Å². The van der Waals surface area contributed by atoms with Crippen molar-refractivity contribution in [2.75, 3.05) is 13.7 Å².